The number of hydrogen-bond donors (Lipinski definition) is 3. The van der Waals surface area contributed by atoms with Crippen molar-refractivity contribution in [3.05, 3.63) is 96.1 Å². The molecule has 6 rings (SSSR count). The molecule has 0 aliphatic heterocycles. The number of fused-ring (bicyclic) bond motifs is 2. The summed E-state index contributed by atoms with van der Waals surface area (Å²) in [6.07, 6.45) is 3.69. The minimum Gasteiger partial charge on any atom is -0.463 e. The van der Waals surface area contributed by atoms with Crippen LogP contribution in [0.3, 0.4) is 0 Å². The molecule has 0 aliphatic carbocycles. The van der Waals surface area contributed by atoms with Crippen molar-refractivity contribution in [3.63, 3.8) is 0 Å². The fourth-order valence-corrected chi connectivity index (χ4v) is 6.33. The zero-order valence-corrected chi connectivity index (χ0v) is 24.3. The molecule has 224 valence electrons. The van der Waals surface area contributed by atoms with Gasteiger partial charge < -0.3 is 19.3 Å². The lowest BCUT2D eigenvalue weighted by atomic mass is 9.94. The summed E-state index contributed by atoms with van der Waals surface area (Å²) >= 11 is 0. The van der Waals surface area contributed by atoms with E-state index >= 15 is 0 Å². The molecule has 6 aromatic rings. The number of carbonyl (C=O) groups excluding carboxylic acids is 1. The third-order valence-electron chi connectivity index (χ3n) is 7.21. The smallest absolute Gasteiger partial charge is 0.259 e. The van der Waals surface area contributed by atoms with Gasteiger partial charge in [0.25, 0.3) is 5.91 Å². The van der Waals surface area contributed by atoms with Crippen LogP contribution < -0.4 is 10.0 Å². The van der Waals surface area contributed by atoms with E-state index in [1.807, 2.05) is 0 Å². The average Bonchev–Trinajstić information content (AvgIpc) is 3.65. The van der Waals surface area contributed by atoms with Crippen LogP contribution in [-0.2, 0) is 10.0 Å². The van der Waals surface area contributed by atoms with Crippen LogP contribution in [0.1, 0.15) is 28.8 Å². The Hall–Kier alpha value is -4.91. The van der Waals surface area contributed by atoms with Crippen LogP contribution in [0.5, 0.6) is 0 Å². The number of para-hydroxylation sites is 1. The molecule has 3 N–H and O–H groups in total. The van der Waals surface area contributed by atoms with Crippen LogP contribution >= 0.6 is 0 Å². The molecule has 0 radical (unpaired) electrons. The molecule has 1 amide bonds. The number of nitrogens with one attached hydrogen (secondary N) is 2. The Bertz CT molecular complexity index is 2070. The van der Waals surface area contributed by atoms with Gasteiger partial charge in [0.05, 0.1) is 16.8 Å². The fourth-order valence-electron chi connectivity index (χ4n) is 5.02. The number of unbranched alkanes of at least 4 members (excludes halogenated alkanes) is 1. The molecule has 3 heterocycles. The van der Waals surface area contributed by atoms with E-state index in [9.17, 15) is 17.6 Å². The number of nitrogens with zero attached hydrogens (tertiary/aromatic N) is 2. The van der Waals surface area contributed by atoms with Crippen LogP contribution in [0.25, 0.3) is 44.8 Å². The highest BCUT2D eigenvalue weighted by molar-refractivity contribution is 7.89. The van der Waals surface area contributed by atoms with E-state index in [0.29, 0.717) is 57.3 Å². The number of hydrogen-bond acceptors (Lipinski definition) is 8. The summed E-state index contributed by atoms with van der Waals surface area (Å²) in [5.41, 5.74) is 3.08. The Labute approximate surface area is 251 Å². The number of furan rings is 1. The quantitative estimate of drug-likeness (QED) is 0.158. The third-order valence-corrected chi connectivity index (χ3v) is 8.69. The fraction of sp³-hybridized carbons (Fsp3) is 0.156. The molecular weight excluding hydrogens is 587 g/mol. The Morgan fingerprint density at radius 3 is 2.57 bits per heavy atom. The van der Waals surface area contributed by atoms with Gasteiger partial charge in [0.1, 0.15) is 22.6 Å². The van der Waals surface area contributed by atoms with Gasteiger partial charge in [0.2, 0.25) is 15.9 Å². The van der Waals surface area contributed by atoms with Crippen molar-refractivity contribution in [2.75, 3.05) is 18.5 Å². The van der Waals surface area contributed by atoms with E-state index in [0.717, 1.165) is 0 Å². The first-order valence-electron chi connectivity index (χ1n) is 13.8. The highest BCUT2D eigenvalue weighted by atomic mass is 32.2. The molecule has 0 aliphatic rings. The summed E-state index contributed by atoms with van der Waals surface area (Å²) in [5, 5.41) is 12.5. The number of benzene rings is 3. The third kappa shape index (κ3) is 5.57. The van der Waals surface area contributed by atoms with Gasteiger partial charge >= 0.3 is 0 Å². The second-order valence-electron chi connectivity index (χ2n) is 10.1. The van der Waals surface area contributed by atoms with Crippen LogP contribution in [0, 0.1) is 12.7 Å². The summed E-state index contributed by atoms with van der Waals surface area (Å²) in [6, 6.07) is 17.4. The molecule has 0 spiro atoms. The number of aromatic nitrogens is 2. The number of carbonyl (C=O) groups is 1. The number of oxazole rings is 1. The van der Waals surface area contributed by atoms with Gasteiger partial charge in [-0.2, -0.15) is 4.98 Å². The Morgan fingerprint density at radius 1 is 1.02 bits per heavy atom. The molecule has 0 fully saturated rings. The molecule has 3 aromatic heterocycles. The van der Waals surface area contributed by atoms with Gasteiger partial charge in [0.15, 0.2) is 11.2 Å². The Balaban J connectivity index is 1.57. The van der Waals surface area contributed by atoms with Crippen molar-refractivity contribution in [2.24, 2.45) is 0 Å². The molecule has 44 heavy (non-hydrogen) atoms. The topological polar surface area (TPSA) is 148 Å². The predicted octanol–water partition coefficient (Wildman–Crippen LogP) is 6.05. The molecule has 0 atom stereocenters. The van der Waals surface area contributed by atoms with E-state index in [1.54, 1.807) is 49.5 Å². The second kappa shape index (κ2) is 12.0. The maximum absolute atomic E-state index is 14.0. The average molecular weight is 615 g/mol. The number of anilines is 1. The normalized spacial score (nSPS) is 11.8. The van der Waals surface area contributed by atoms with Gasteiger partial charge in [-0.25, -0.2) is 22.5 Å². The highest BCUT2D eigenvalue weighted by Crippen LogP contribution is 2.42. The summed E-state index contributed by atoms with van der Waals surface area (Å²) in [7, 11) is -4.22. The van der Waals surface area contributed by atoms with Gasteiger partial charge in [-0.05, 0) is 72.9 Å². The Morgan fingerprint density at radius 2 is 1.80 bits per heavy atom. The van der Waals surface area contributed by atoms with E-state index in [1.165, 1.54) is 36.6 Å². The van der Waals surface area contributed by atoms with Crippen molar-refractivity contribution in [1.29, 1.82) is 0 Å². The van der Waals surface area contributed by atoms with Crippen LogP contribution in [0.2, 0.25) is 0 Å². The van der Waals surface area contributed by atoms with Crippen molar-refractivity contribution >= 4 is 43.8 Å². The van der Waals surface area contributed by atoms with E-state index in [4.69, 9.17) is 13.9 Å². The largest absolute Gasteiger partial charge is 0.463 e. The Kier molecular flexibility index (Phi) is 7.95. The molecule has 10 nitrogen and oxygen atoms in total. The highest BCUT2D eigenvalue weighted by Gasteiger charge is 2.29. The first-order chi connectivity index (χ1) is 21.3. The van der Waals surface area contributed by atoms with Gasteiger partial charge in [-0.1, -0.05) is 30.3 Å². The van der Waals surface area contributed by atoms with Crippen LogP contribution in [-0.4, -0.2) is 42.6 Å². The first-order valence-corrected chi connectivity index (χ1v) is 15.3. The molecule has 0 saturated carbocycles. The van der Waals surface area contributed by atoms with Crippen molar-refractivity contribution in [1.82, 2.24) is 14.7 Å². The predicted molar refractivity (Wildman–Crippen MR) is 163 cm³/mol. The molecule has 3 aromatic carbocycles. The van der Waals surface area contributed by atoms with Gasteiger partial charge in [-0.15, -0.1) is 0 Å². The zero-order valence-electron chi connectivity index (χ0n) is 23.5. The number of pyridine rings is 1. The maximum Gasteiger partial charge on any atom is 0.259 e. The van der Waals surface area contributed by atoms with Gasteiger partial charge in [-0.3, -0.25) is 4.79 Å². The minimum atomic E-state index is -4.22. The molecule has 0 unspecified atom stereocenters. The number of aliphatic hydroxyl groups is 1. The lowest BCUT2D eigenvalue weighted by molar-refractivity contribution is 0.102. The number of amides is 1. The lowest BCUT2D eigenvalue weighted by Crippen LogP contribution is -2.27. The SMILES string of the molecule is Cc1c(NC(=O)c2coc3ccccc23)c(S(=O)(=O)NCCCCO)cc(-c2ccc(F)cc2)c1-c1nc2ncccc2o1. The van der Waals surface area contributed by atoms with E-state index < -0.39 is 21.7 Å². The van der Waals surface area contributed by atoms with Gasteiger partial charge in [0, 0.05) is 24.7 Å². The molecule has 12 heteroatoms. The number of sulfonamides is 1. The molecule has 0 saturated heterocycles. The van der Waals surface area contributed by atoms with Crippen molar-refractivity contribution in [2.45, 2.75) is 24.7 Å². The number of halogens is 1. The number of rotatable bonds is 10. The maximum atomic E-state index is 14.0. The second-order valence-corrected chi connectivity index (χ2v) is 11.8. The van der Waals surface area contributed by atoms with Crippen molar-refractivity contribution < 1.29 is 31.5 Å². The number of aliphatic hydroxyl groups excluding tert-OH is 1. The van der Waals surface area contributed by atoms with Crippen LogP contribution in [0.4, 0.5) is 10.1 Å². The zero-order chi connectivity index (χ0) is 30.8. The minimum absolute atomic E-state index is 0.00557. The summed E-state index contributed by atoms with van der Waals surface area (Å²) in [4.78, 5) is 22.3. The lowest BCUT2D eigenvalue weighted by Gasteiger charge is -2.20. The first kappa shape index (κ1) is 29.2. The monoisotopic (exact) mass is 614 g/mol. The summed E-state index contributed by atoms with van der Waals surface area (Å²) < 4.78 is 55.8. The summed E-state index contributed by atoms with van der Waals surface area (Å²) in [6.45, 7) is 1.63. The van der Waals surface area contributed by atoms with Crippen molar-refractivity contribution in [3.8, 4) is 22.6 Å². The van der Waals surface area contributed by atoms with E-state index in [-0.39, 0.29) is 35.2 Å². The standard InChI is InChI=1S/C32H27FN4O6S/c1-19-28(32-37-30-26(43-32)9-6-14-34-30)23(20-10-12-21(33)13-11-20)17-27(44(40,41)35-15-4-5-16-38)29(19)36-31(39)24-18-42-25-8-3-2-7-22(24)25/h2-3,6-14,17-18,35,38H,4-5,15-16H2,1H3,(H,36,39). The molecular formula is C32H27FN4O6S. The summed E-state index contributed by atoms with van der Waals surface area (Å²) in [5.74, 6) is -0.915. The molecule has 0 bridgehead atoms. The van der Waals surface area contributed by atoms with E-state index in [2.05, 4.69) is 20.0 Å². The van der Waals surface area contributed by atoms with Crippen LogP contribution in [0.15, 0.2) is 92.9 Å².